The minimum absolute atomic E-state index is 0.0931. The first-order valence-electron chi connectivity index (χ1n) is 6.40. The molecular formula is C16H12N2O2S. The van der Waals surface area contributed by atoms with Gasteiger partial charge < -0.3 is 5.11 Å². The molecule has 21 heavy (non-hydrogen) atoms. The largest absolute Gasteiger partial charge is 0.384 e. The standard InChI is InChI=1S/C16H12N2O2S/c19-7-3-4-12-8-14(21-11-12)10-18-16(20)15-6-2-1-5-13(15)9-17-18/h1-2,5-6,8-9,11,19H,7,10H2. The molecule has 1 aromatic carbocycles. The second-order valence-corrected chi connectivity index (χ2v) is 5.45. The minimum atomic E-state index is -0.156. The second kappa shape index (κ2) is 5.92. The molecular weight excluding hydrogens is 284 g/mol. The average molecular weight is 296 g/mol. The first kappa shape index (κ1) is 13.6. The molecule has 0 spiro atoms. The van der Waals surface area contributed by atoms with Crippen LogP contribution in [0.5, 0.6) is 0 Å². The van der Waals surface area contributed by atoms with Crippen molar-refractivity contribution in [3.05, 3.63) is 62.7 Å². The number of hydrogen-bond acceptors (Lipinski definition) is 4. The van der Waals surface area contributed by atoms with Crippen molar-refractivity contribution in [1.29, 1.82) is 0 Å². The molecule has 0 amide bonds. The summed E-state index contributed by atoms with van der Waals surface area (Å²) in [5.74, 6) is 5.45. The fourth-order valence-electron chi connectivity index (χ4n) is 2.06. The van der Waals surface area contributed by atoms with E-state index in [0.717, 1.165) is 15.8 Å². The maximum absolute atomic E-state index is 12.4. The fourth-order valence-corrected chi connectivity index (χ4v) is 2.86. The summed E-state index contributed by atoms with van der Waals surface area (Å²) >= 11 is 1.53. The monoisotopic (exact) mass is 296 g/mol. The quantitative estimate of drug-likeness (QED) is 0.734. The molecule has 3 rings (SSSR count). The normalized spacial score (nSPS) is 10.3. The smallest absolute Gasteiger partial charge is 0.274 e. The van der Waals surface area contributed by atoms with Crippen molar-refractivity contribution in [2.45, 2.75) is 6.54 Å². The molecule has 104 valence electrons. The van der Waals surface area contributed by atoms with Crippen molar-refractivity contribution in [3.8, 4) is 11.8 Å². The Morgan fingerprint density at radius 3 is 3.05 bits per heavy atom. The van der Waals surface area contributed by atoms with Gasteiger partial charge in [-0.3, -0.25) is 4.79 Å². The molecule has 0 aliphatic heterocycles. The lowest BCUT2D eigenvalue weighted by Gasteiger charge is -2.03. The summed E-state index contributed by atoms with van der Waals surface area (Å²) < 4.78 is 1.46. The number of aliphatic hydroxyl groups is 1. The summed E-state index contributed by atoms with van der Waals surface area (Å²) in [5.41, 5.74) is 0.752. The van der Waals surface area contributed by atoms with Gasteiger partial charge in [0.15, 0.2) is 0 Å². The number of aromatic nitrogens is 2. The van der Waals surface area contributed by atoms with Crippen LogP contribution in [0.25, 0.3) is 10.8 Å². The molecule has 2 aromatic heterocycles. The molecule has 0 fully saturated rings. The lowest BCUT2D eigenvalue weighted by atomic mass is 10.2. The van der Waals surface area contributed by atoms with Crippen molar-refractivity contribution >= 4 is 22.1 Å². The molecule has 0 atom stereocenters. The Labute approximate surface area is 125 Å². The number of benzene rings is 1. The summed E-state index contributed by atoms with van der Waals surface area (Å²) in [6.45, 7) is 0.270. The molecule has 0 bridgehead atoms. The highest BCUT2D eigenvalue weighted by molar-refractivity contribution is 7.10. The summed E-state index contributed by atoms with van der Waals surface area (Å²) in [7, 11) is 0. The second-order valence-electron chi connectivity index (χ2n) is 4.46. The maximum Gasteiger partial charge on any atom is 0.274 e. The first-order chi connectivity index (χ1) is 10.3. The van der Waals surface area contributed by atoms with Crippen LogP contribution in [0.15, 0.2) is 46.7 Å². The van der Waals surface area contributed by atoms with E-state index >= 15 is 0 Å². The summed E-state index contributed by atoms with van der Waals surface area (Å²) in [6.07, 6.45) is 1.71. The zero-order chi connectivity index (χ0) is 14.7. The number of thiophene rings is 1. The third-order valence-corrected chi connectivity index (χ3v) is 3.95. The van der Waals surface area contributed by atoms with Crippen LogP contribution in [-0.4, -0.2) is 21.5 Å². The van der Waals surface area contributed by atoms with Gasteiger partial charge in [-0.1, -0.05) is 30.0 Å². The van der Waals surface area contributed by atoms with Crippen LogP contribution in [0.2, 0.25) is 0 Å². The van der Waals surface area contributed by atoms with Crippen LogP contribution in [0, 0.1) is 11.8 Å². The lowest BCUT2D eigenvalue weighted by molar-refractivity contribution is 0.350. The molecule has 5 heteroatoms. The average Bonchev–Trinajstić information content (AvgIpc) is 2.96. The predicted molar refractivity (Wildman–Crippen MR) is 83.4 cm³/mol. The van der Waals surface area contributed by atoms with Gasteiger partial charge in [-0.25, -0.2) is 4.68 Å². The predicted octanol–water partition coefficient (Wildman–Crippen LogP) is 1.85. The van der Waals surface area contributed by atoms with Crippen molar-refractivity contribution in [2.24, 2.45) is 0 Å². The van der Waals surface area contributed by atoms with Crippen LogP contribution in [0.1, 0.15) is 10.4 Å². The van der Waals surface area contributed by atoms with Crippen LogP contribution in [-0.2, 0) is 6.54 Å². The van der Waals surface area contributed by atoms with E-state index in [2.05, 4.69) is 16.9 Å². The van der Waals surface area contributed by atoms with Gasteiger partial charge in [0.25, 0.3) is 5.56 Å². The van der Waals surface area contributed by atoms with E-state index in [0.29, 0.717) is 11.9 Å². The van der Waals surface area contributed by atoms with Crippen LogP contribution < -0.4 is 5.56 Å². The van der Waals surface area contributed by atoms with Gasteiger partial charge in [0.05, 0.1) is 18.1 Å². The SMILES string of the molecule is O=c1c2ccccc2cnn1Cc1cc(C#CCO)cs1. The highest BCUT2D eigenvalue weighted by Crippen LogP contribution is 2.15. The summed E-state index contributed by atoms with van der Waals surface area (Å²) in [5, 5.41) is 16.3. The molecule has 3 aromatic rings. The minimum Gasteiger partial charge on any atom is -0.384 e. The van der Waals surface area contributed by atoms with Crippen LogP contribution >= 0.6 is 11.3 Å². The van der Waals surface area contributed by atoms with E-state index in [1.165, 1.54) is 16.0 Å². The lowest BCUT2D eigenvalue weighted by Crippen LogP contribution is -2.22. The molecule has 4 nitrogen and oxygen atoms in total. The van der Waals surface area contributed by atoms with Gasteiger partial charge in [0, 0.05) is 21.2 Å². The number of fused-ring (bicyclic) bond motifs is 1. The van der Waals surface area contributed by atoms with Gasteiger partial charge in [0.1, 0.15) is 6.61 Å². The van der Waals surface area contributed by atoms with Gasteiger partial charge in [0.2, 0.25) is 0 Å². The van der Waals surface area contributed by atoms with E-state index in [1.807, 2.05) is 35.7 Å². The van der Waals surface area contributed by atoms with Crippen LogP contribution in [0.3, 0.4) is 0 Å². The Morgan fingerprint density at radius 2 is 2.19 bits per heavy atom. The van der Waals surface area contributed by atoms with Crippen molar-refractivity contribution in [3.63, 3.8) is 0 Å². The fraction of sp³-hybridized carbons (Fsp3) is 0.125. The van der Waals surface area contributed by atoms with Gasteiger partial charge >= 0.3 is 0 Å². The zero-order valence-corrected chi connectivity index (χ0v) is 11.9. The third-order valence-electron chi connectivity index (χ3n) is 3.03. The molecule has 0 radical (unpaired) electrons. The van der Waals surface area contributed by atoms with Crippen LogP contribution in [0.4, 0.5) is 0 Å². The molecule has 0 saturated heterocycles. The summed E-state index contributed by atoms with van der Waals surface area (Å²) in [6, 6.07) is 9.34. The highest BCUT2D eigenvalue weighted by atomic mass is 32.1. The number of nitrogens with zero attached hydrogens (tertiary/aromatic N) is 2. The first-order valence-corrected chi connectivity index (χ1v) is 7.28. The Morgan fingerprint density at radius 1 is 1.33 bits per heavy atom. The molecule has 0 unspecified atom stereocenters. The topological polar surface area (TPSA) is 55.1 Å². The zero-order valence-electron chi connectivity index (χ0n) is 11.1. The molecule has 0 aliphatic carbocycles. The number of hydrogen-bond donors (Lipinski definition) is 1. The van der Waals surface area contributed by atoms with Crippen molar-refractivity contribution < 1.29 is 5.11 Å². The third kappa shape index (κ3) is 2.87. The molecule has 1 N–H and O–H groups in total. The molecule has 2 heterocycles. The Balaban J connectivity index is 1.93. The van der Waals surface area contributed by atoms with Crippen molar-refractivity contribution in [2.75, 3.05) is 6.61 Å². The van der Waals surface area contributed by atoms with Gasteiger partial charge in [-0.05, 0) is 12.1 Å². The van der Waals surface area contributed by atoms with E-state index in [9.17, 15) is 4.79 Å². The number of aliphatic hydroxyl groups excluding tert-OH is 1. The van der Waals surface area contributed by atoms with Crippen molar-refractivity contribution in [1.82, 2.24) is 9.78 Å². The van der Waals surface area contributed by atoms with E-state index in [-0.39, 0.29) is 12.2 Å². The molecule has 0 aliphatic rings. The van der Waals surface area contributed by atoms with Gasteiger partial charge in [-0.2, -0.15) is 5.10 Å². The van der Waals surface area contributed by atoms with Gasteiger partial charge in [-0.15, -0.1) is 11.3 Å². The highest BCUT2D eigenvalue weighted by Gasteiger charge is 2.05. The maximum atomic E-state index is 12.4. The van der Waals surface area contributed by atoms with E-state index in [4.69, 9.17) is 5.11 Å². The Kier molecular flexibility index (Phi) is 3.82. The Hall–Kier alpha value is -2.42. The number of rotatable bonds is 2. The van der Waals surface area contributed by atoms with E-state index in [1.54, 1.807) is 6.20 Å². The summed E-state index contributed by atoms with van der Waals surface area (Å²) in [4.78, 5) is 13.4. The Bertz CT molecular complexity index is 900. The molecule has 0 saturated carbocycles. The van der Waals surface area contributed by atoms with E-state index < -0.39 is 0 Å².